The number of carboxylic acid groups (broad SMARTS) is 1. The van der Waals surface area contributed by atoms with Gasteiger partial charge in [0.2, 0.25) is 0 Å². The number of rotatable bonds is 3. The first kappa shape index (κ1) is 12.2. The van der Waals surface area contributed by atoms with Crippen molar-refractivity contribution in [2.45, 2.75) is 12.8 Å². The van der Waals surface area contributed by atoms with Crippen molar-refractivity contribution in [3.8, 4) is 11.1 Å². The van der Waals surface area contributed by atoms with E-state index in [1.54, 1.807) is 6.07 Å². The SMILES string of the molecule is O=C(O)c1cc(-c2ccccc2)c(N2CCCC2)s1. The van der Waals surface area contributed by atoms with E-state index >= 15 is 0 Å². The third kappa shape index (κ3) is 2.36. The minimum absolute atomic E-state index is 0.417. The first-order valence-electron chi connectivity index (χ1n) is 6.43. The number of nitrogens with zero attached hydrogens (tertiary/aromatic N) is 1. The second-order valence-corrected chi connectivity index (χ2v) is 5.73. The Labute approximate surface area is 116 Å². The van der Waals surface area contributed by atoms with Crippen LogP contribution in [0, 0.1) is 0 Å². The van der Waals surface area contributed by atoms with Crippen molar-refractivity contribution in [3.05, 3.63) is 41.3 Å². The molecule has 98 valence electrons. The summed E-state index contributed by atoms with van der Waals surface area (Å²) < 4.78 is 0. The molecule has 1 aliphatic rings. The molecule has 0 radical (unpaired) electrons. The predicted molar refractivity (Wildman–Crippen MR) is 78.2 cm³/mol. The second kappa shape index (κ2) is 5.05. The van der Waals surface area contributed by atoms with E-state index < -0.39 is 5.97 Å². The number of thiophene rings is 1. The minimum Gasteiger partial charge on any atom is -0.477 e. The molecule has 0 bridgehead atoms. The summed E-state index contributed by atoms with van der Waals surface area (Å²) in [5, 5.41) is 10.3. The topological polar surface area (TPSA) is 40.5 Å². The summed E-state index contributed by atoms with van der Waals surface area (Å²) in [6.07, 6.45) is 2.38. The maximum absolute atomic E-state index is 11.2. The second-order valence-electron chi connectivity index (χ2n) is 4.69. The van der Waals surface area contributed by atoms with Gasteiger partial charge in [-0.2, -0.15) is 0 Å². The van der Waals surface area contributed by atoms with Crippen LogP contribution in [0.3, 0.4) is 0 Å². The number of hydrogen-bond acceptors (Lipinski definition) is 3. The van der Waals surface area contributed by atoms with Crippen molar-refractivity contribution in [1.29, 1.82) is 0 Å². The van der Waals surface area contributed by atoms with Gasteiger partial charge in [-0.1, -0.05) is 30.3 Å². The molecule has 0 unspecified atom stereocenters. The van der Waals surface area contributed by atoms with Gasteiger partial charge in [0.1, 0.15) is 4.88 Å². The lowest BCUT2D eigenvalue weighted by Crippen LogP contribution is -2.16. The summed E-state index contributed by atoms with van der Waals surface area (Å²) in [6, 6.07) is 11.8. The molecular formula is C15H15NO2S. The molecule has 1 fully saturated rings. The van der Waals surface area contributed by atoms with E-state index in [2.05, 4.69) is 4.90 Å². The lowest BCUT2D eigenvalue weighted by Gasteiger charge is -2.17. The highest BCUT2D eigenvalue weighted by Crippen LogP contribution is 2.40. The summed E-state index contributed by atoms with van der Waals surface area (Å²) in [5.74, 6) is -0.840. The molecule has 2 aromatic rings. The lowest BCUT2D eigenvalue weighted by molar-refractivity contribution is 0.0702. The van der Waals surface area contributed by atoms with Gasteiger partial charge in [0.15, 0.2) is 0 Å². The van der Waals surface area contributed by atoms with E-state index in [9.17, 15) is 9.90 Å². The van der Waals surface area contributed by atoms with Gasteiger partial charge in [-0.15, -0.1) is 11.3 Å². The first-order valence-corrected chi connectivity index (χ1v) is 7.25. The summed E-state index contributed by atoms with van der Waals surface area (Å²) in [4.78, 5) is 13.9. The van der Waals surface area contributed by atoms with E-state index in [4.69, 9.17) is 0 Å². The Morgan fingerprint density at radius 1 is 1.16 bits per heavy atom. The number of benzene rings is 1. The van der Waals surface area contributed by atoms with Gasteiger partial charge >= 0.3 is 5.97 Å². The predicted octanol–water partition coefficient (Wildman–Crippen LogP) is 3.71. The Bertz CT molecular complexity index is 585. The van der Waals surface area contributed by atoms with E-state index in [-0.39, 0.29) is 0 Å². The monoisotopic (exact) mass is 273 g/mol. The van der Waals surface area contributed by atoms with Crippen molar-refractivity contribution in [3.63, 3.8) is 0 Å². The molecule has 2 heterocycles. The van der Waals surface area contributed by atoms with Crippen molar-refractivity contribution in [2.75, 3.05) is 18.0 Å². The number of aromatic carboxylic acids is 1. The molecule has 3 nitrogen and oxygen atoms in total. The van der Waals surface area contributed by atoms with E-state index in [1.165, 1.54) is 24.2 Å². The average molecular weight is 273 g/mol. The average Bonchev–Trinajstić information content (AvgIpc) is 3.08. The molecule has 0 amide bonds. The van der Waals surface area contributed by atoms with Gasteiger partial charge in [0.05, 0.1) is 5.00 Å². The first-order chi connectivity index (χ1) is 9.25. The molecule has 0 atom stereocenters. The highest BCUT2D eigenvalue weighted by atomic mass is 32.1. The van der Waals surface area contributed by atoms with Gasteiger partial charge in [0.25, 0.3) is 0 Å². The Kier molecular flexibility index (Phi) is 3.25. The van der Waals surface area contributed by atoms with E-state index in [0.29, 0.717) is 4.88 Å². The third-order valence-electron chi connectivity index (χ3n) is 3.40. The Balaban J connectivity index is 2.08. The van der Waals surface area contributed by atoms with Crippen LogP contribution in [0.5, 0.6) is 0 Å². The molecule has 0 saturated carbocycles. The molecule has 1 saturated heterocycles. The molecule has 0 spiro atoms. The zero-order valence-corrected chi connectivity index (χ0v) is 11.3. The normalized spacial score (nSPS) is 14.8. The molecule has 1 N–H and O–H groups in total. The van der Waals surface area contributed by atoms with Crippen molar-refractivity contribution in [2.24, 2.45) is 0 Å². The van der Waals surface area contributed by atoms with E-state index in [0.717, 1.165) is 29.2 Å². The molecule has 3 rings (SSSR count). The van der Waals surface area contributed by atoms with Crippen LogP contribution in [0.4, 0.5) is 5.00 Å². The fraction of sp³-hybridized carbons (Fsp3) is 0.267. The van der Waals surface area contributed by atoms with Gasteiger partial charge < -0.3 is 10.0 Å². The van der Waals surface area contributed by atoms with E-state index in [1.807, 2.05) is 30.3 Å². The fourth-order valence-electron chi connectivity index (χ4n) is 2.47. The molecule has 0 aliphatic carbocycles. The summed E-state index contributed by atoms with van der Waals surface area (Å²) in [7, 11) is 0. The summed E-state index contributed by atoms with van der Waals surface area (Å²) >= 11 is 1.39. The number of anilines is 1. The molecule has 4 heteroatoms. The van der Waals surface area contributed by atoms with Crippen LogP contribution in [0.2, 0.25) is 0 Å². The zero-order valence-electron chi connectivity index (χ0n) is 10.5. The summed E-state index contributed by atoms with van der Waals surface area (Å²) in [5.41, 5.74) is 2.14. The Morgan fingerprint density at radius 2 is 1.84 bits per heavy atom. The smallest absolute Gasteiger partial charge is 0.345 e. The van der Waals surface area contributed by atoms with Crippen LogP contribution in [0.25, 0.3) is 11.1 Å². The van der Waals surface area contributed by atoms with Crippen LogP contribution >= 0.6 is 11.3 Å². The van der Waals surface area contributed by atoms with Crippen LogP contribution < -0.4 is 4.90 Å². The van der Waals surface area contributed by atoms with Crippen LogP contribution in [0.1, 0.15) is 22.5 Å². The maximum Gasteiger partial charge on any atom is 0.345 e. The number of carbonyl (C=O) groups is 1. The van der Waals surface area contributed by atoms with Crippen LogP contribution in [0.15, 0.2) is 36.4 Å². The Hall–Kier alpha value is -1.81. The number of carboxylic acids is 1. The minimum atomic E-state index is -0.840. The number of hydrogen-bond donors (Lipinski definition) is 1. The standard InChI is InChI=1S/C15H15NO2S/c17-15(18)13-10-12(11-6-2-1-3-7-11)14(19-13)16-8-4-5-9-16/h1-3,6-7,10H,4-5,8-9H2,(H,17,18). The van der Waals surface area contributed by atoms with Crippen LogP contribution in [-0.4, -0.2) is 24.2 Å². The highest BCUT2D eigenvalue weighted by Gasteiger charge is 2.21. The molecule has 1 aliphatic heterocycles. The lowest BCUT2D eigenvalue weighted by atomic mass is 10.1. The van der Waals surface area contributed by atoms with Gasteiger partial charge in [-0.25, -0.2) is 4.79 Å². The highest BCUT2D eigenvalue weighted by molar-refractivity contribution is 7.18. The largest absolute Gasteiger partial charge is 0.477 e. The molecule has 19 heavy (non-hydrogen) atoms. The third-order valence-corrected chi connectivity index (χ3v) is 4.59. The molecule has 1 aromatic heterocycles. The van der Waals surface area contributed by atoms with Crippen molar-refractivity contribution < 1.29 is 9.90 Å². The maximum atomic E-state index is 11.2. The Morgan fingerprint density at radius 3 is 2.47 bits per heavy atom. The fourth-order valence-corrected chi connectivity index (χ4v) is 3.54. The zero-order chi connectivity index (χ0) is 13.2. The molecule has 1 aromatic carbocycles. The van der Waals surface area contributed by atoms with Crippen molar-refractivity contribution in [1.82, 2.24) is 0 Å². The quantitative estimate of drug-likeness (QED) is 0.926. The summed E-state index contributed by atoms with van der Waals surface area (Å²) in [6.45, 7) is 2.05. The van der Waals surface area contributed by atoms with Gasteiger partial charge in [-0.3, -0.25) is 0 Å². The molecular weight excluding hydrogens is 258 g/mol. The van der Waals surface area contributed by atoms with Gasteiger partial charge in [0, 0.05) is 18.7 Å². The van der Waals surface area contributed by atoms with Gasteiger partial charge in [-0.05, 0) is 24.5 Å². The van der Waals surface area contributed by atoms with Crippen LogP contribution in [-0.2, 0) is 0 Å². The van der Waals surface area contributed by atoms with Crippen molar-refractivity contribution >= 4 is 22.3 Å².